The van der Waals surface area contributed by atoms with E-state index in [1.165, 1.54) is 30.6 Å². The Morgan fingerprint density at radius 2 is 1.90 bits per heavy atom. The zero-order valence-corrected chi connectivity index (χ0v) is 12.4. The lowest BCUT2D eigenvalue weighted by atomic mass is 10.0. The number of para-hydroxylation sites is 1. The number of hydrogen-bond acceptors (Lipinski definition) is 3. The lowest BCUT2D eigenvalue weighted by molar-refractivity contribution is 0.219. The molecule has 0 amide bonds. The Morgan fingerprint density at radius 1 is 1.10 bits per heavy atom. The summed E-state index contributed by atoms with van der Waals surface area (Å²) in [6, 6.07) is 15.3. The van der Waals surface area contributed by atoms with Crippen LogP contribution in [0.25, 0.3) is 0 Å². The first-order valence-electron chi connectivity index (χ1n) is 7.83. The molecule has 0 saturated carbocycles. The van der Waals surface area contributed by atoms with Gasteiger partial charge in [-0.15, -0.1) is 0 Å². The third-order valence-corrected chi connectivity index (χ3v) is 4.12. The van der Waals surface area contributed by atoms with Gasteiger partial charge in [0.1, 0.15) is 0 Å². The lowest BCUT2D eigenvalue weighted by Crippen LogP contribution is -2.42. The highest BCUT2D eigenvalue weighted by molar-refractivity contribution is 5.43. The van der Waals surface area contributed by atoms with Gasteiger partial charge < -0.3 is 10.2 Å². The average Bonchev–Trinajstić information content (AvgIpc) is 2.55. The molecule has 1 N–H and O–H groups in total. The Balaban J connectivity index is 1.49. The Hall–Kier alpha value is -1.87. The van der Waals surface area contributed by atoms with E-state index in [1.807, 2.05) is 12.4 Å². The van der Waals surface area contributed by atoms with E-state index >= 15 is 0 Å². The molecule has 0 spiro atoms. The fraction of sp³-hybridized carbons (Fsp3) is 0.389. The quantitative estimate of drug-likeness (QED) is 0.912. The minimum absolute atomic E-state index is 0.568. The molecule has 3 rings (SSSR count). The number of likely N-dealkylation sites (tertiary alicyclic amines) is 1. The number of benzene rings is 1. The Morgan fingerprint density at radius 3 is 2.71 bits per heavy atom. The van der Waals surface area contributed by atoms with Crippen molar-refractivity contribution in [2.75, 3.05) is 25.0 Å². The van der Waals surface area contributed by atoms with Gasteiger partial charge in [0.2, 0.25) is 0 Å². The SMILES string of the molecule is c1ccc(N[C@@H]2CCCN(CCc3ccncc3)C2)cc1. The van der Waals surface area contributed by atoms with E-state index in [9.17, 15) is 0 Å². The van der Waals surface area contributed by atoms with Crippen LogP contribution in [0.4, 0.5) is 5.69 Å². The number of aromatic nitrogens is 1. The summed E-state index contributed by atoms with van der Waals surface area (Å²) in [5.41, 5.74) is 2.61. The van der Waals surface area contributed by atoms with Crippen LogP contribution in [0.2, 0.25) is 0 Å². The largest absolute Gasteiger partial charge is 0.381 e. The van der Waals surface area contributed by atoms with Crippen LogP contribution in [0, 0.1) is 0 Å². The molecule has 1 aromatic carbocycles. The van der Waals surface area contributed by atoms with Gasteiger partial charge in [-0.25, -0.2) is 0 Å². The molecule has 2 heterocycles. The Bertz CT molecular complexity index is 527. The molecule has 110 valence electrons. The minimum atomic E-state index is 0.568. The van der Waals surface area contributed by atoms with Crippen molar-refractivity contribution in [2.24, 2.45) is 0 Å². The average molecular weight is 281 g/mol. The minimum Gasteiger partial charge on any atom is -0.381 e. The number of hydrogen-bond donors (Lipinski definition) is 1. The third kappa shape index (κ3) is 4.30. The molecule has 0 aliphatic carbocycles. The first-order chi connectivity index (χ1) is 10.4. The molecule has 1 aliphatic rings. The van der Waals surface area contributed by atoms with Crippen LogP contribution >= 0.6 is 0 Å². The van der Waals surface area contributed by atoms with Crippen molar-refractivity contribution in [3.05, 3.63) is 60.4 Å². The van der Waals surface area contributed by atoms with Crippen molar-refractivity contribution < 1.29 is 0 Å². The molecule has 0 unspecified atom stereocenters. The molecule has 1 atom stereocenters. The summed E-state index contributed by atoms with van der Waals surface area (Å²) in [4.78, 5) is 6.65. The molecule has 3 heteroatoms. The van der Waals surface area contributed by atoms with E-state index in [0.29, 0.717) is 6.04 Å². The number of anilines is 1. The van der Waals surface area contributed by atoms with Crippen LogP contribution < -0.4 is 5.32 Å². The smallest absolute Gasteiger partial charge is 0.0388 e. The number of rotatable bonds is 5. The van der Waals surface area contributed by atoms with Gasteiger partial charge in [0.15, 0.2) is 0 Å². The molecule has 2 aromatic rings. The summed E-state index contributed by atoms with van der Waals surface area (Å²) in [6.07, 6.45) is 7.42. The van der Waals surface area contributed by atoms with Gasteiger partial charge in [0.25, 0.3) is 0 Å². The Kier molecular flexibility index (Phi) is 4.85. The van der Waals surface area contributed by atoms with Crippen LogP contribution in [0.5, 0.6) is 0 Å². The normalized spacial score (nSPS) is 19.3. The van der Waals surface area contributed by atoms with Gasteiger partial charge in [-0.3, -0.25) is 4.98 Å². The zero-order chi connectivity index (χ0) is 14.3. The van der Waals surface area contributed by atoms with Crippen molar-refractivity contribution in [1.29, 1.82) is 0 Å². The summed E-state index contributed by atoms with van der Waals surface area (Å²) in [7, 11) is 0. The van der Waals surface area contributed by atoms with E-state index in [0.717, 1.165) is 19.5 Å². The van der Waals surface area contributed by atoms with Crippen molar-refractivity contribution in [1.82, 2.24) is 9.88 Å². The molecular weight excluding hydrogens is 258 g/mol. The molecule has 1 fully saturated rings. The second kappa shape index (κ2) is 7.23. The lowest BCUT2D eigenvalue weighted by Gasteiger charge is -2.33. The van der Waals surface area contributed by atoms with Gasteiger partial charge in [0, 0.05) is 37.2 Å². The highest BCUT2D eigenvalue weighted by atomic mass is 15.2. The third-order valence-electron chi connectivity index (χ3n) is 4.12. The van der Waals surface area contributed by atoms with Crippen molar-refractivity contribution in [3.63, 3.8) is 0 Å². The van der Waals surface area contributed by atoms with E-state index < -0.39 is 0 Å². The fourth-order valence-corrected chi connectivity index (χ4v) is 2.98. The maximum Gasteiger partial charge on any atom is 0.0388 e. The number of piperidine rings is 1. The predicted molar refractivity (Wildman–Crippen MR) is 87.5 cm³/mol. The standard InChI is InChI=1S/C18H23N3/c1-2-5-17(6-3-1)20-18-7-4-13-21(15-18)14-10-16-8-11-19-12-9-16/h1-3,5-6,8-9,11-12,18,20H,4,7,10,13-15H2/t18-/m1/s1. The van der Waals surface area contributed by atoms with Crippen LogP contribution in [-0.4, -0.2) is 35.6 Å². The molecule has 0 radical (unpaired) electrons. The summed E-state index contributed by atoms with van der Waals surface area (Å²) in [5.74, 6) is 0. The summed E-state index contributed by atoms with van der Waals surface area (Å²) in [6.45, 7) is 3.50. The van der Waals surface area contributed by atoms with E-state index in [2.05, 4.69) is 57.7 Å². The van der Waals surface area contributed by atoms with Gasteiger partial charge in [0.05, 0.1) is 0 Å². The number of nitrogens with one attached hydrogen (secondary N) is 1. The van der Waals surface area contributed by atoms with Crippen LogP contribution in [0.3, 0.4) is 0 Å². The van der Waals surface area contributed by atoms with Crippen LogP contribution in [-0.2, 0) is 6.42 Å². The summed E-state index contributed by atoms with van der Waals surface area (Å²) >= 11 is 0. The molecule has 0 bridgehead atoms. The monoisotopic (exact) mass is 281 g/mol. The molecule has 21 heavy (non-hydrogen) atoms. The molecule has 1 saturated heterocycles. The highest BCUT2D eigenvalue weighted by Gasteiger charge is 2.19. The molecule has 1 aliphatic heterocycles. The summed E-state index contributed by atoms with van der Waals surface area (Å²) in [5, 5.41) is 3.66. The molecule has 3 nitrogen and oxygen atoms in total. The second-order valence-electron chi connectivity index (χ2n) is 5.76. The van der Waals surface area contributed by atoms with E-state index in [4.69, 9.17) is 0 Å². The van der Waals surface area contributed by atoms with Crippen molar-refractivity contribution in [2.45, 2.75) is 25.3 Å². The topological polar surface area (TPSA) is 28.2 Å². The van der Waals surface area contributed by atoms with Crippen LogP contribution in [0.1, 0.15) is 18.4 Å². The maximum atomic E-state index is 4.08. The highest BCUT2D eigenvalue weighted by Crippen LogP contribution is 2.16. The zero-order valence-electron chi connectivity index (χ0n) is 12.4. The number of nitrogens with zero attached hydrogens (tertiary/aromatic N) is 2. The van der Waals surface area contributed by atoms with Crippen molar-refractivity contribution in [3.8, 4) is 0 Å². The van der Waals surface area contributed by atoms with Crippen LogP contribution in [0.15, 0.2) is 54.9 Å². The first-order valence-corrected chi connectivity index (χ1v) is 7.83. The van der Waals surface area contributed by atoms with Gasteiger partial charge in [-0.1, -0.05) is 18.2 Å². The maximum absolute atomic E-state index is 4.08. The van der Waals surface area contributed by atoms with E-state index in [-0.39, 0.29) is 0 Å². The molecular formula is C18H23N3. The van der Waals surface area contributed by atoms with Gasteiger partial charge in [-0.05, 0) is 55.6 Å². The number of pyridine rings is 1. The molecule has 1 aromatic heterocycles. The van der Waals surface area contributed by atoms with Gasteiger partial charge >= 0.3 is 0 Å². The fourth-order valence-electron chi connectivity index (χ4n) is 2.98. The first kappa shape index (κ1) is 14.1. The van der Waals surface area contributed by atoms with Crippen molar-refractivity contribution >= 4 is 5.69 Å². The van der Waals surface area contributed by atoms with Gasteiger partial charge in [-0.2, -0.15) is 0 Å². The predicted octanol–water partition coefficient (Wildman–Crippen LogP) is 3.20. The summed E-state index contributed by atoms with van der Waals surface area (Å²) < 4.78 is 0. The van der Waals surface area contributed by atoms with E-state index in [1.54, 1.807) is 0 Å². The second-order valence-corrected chi connectivity index (χ2v) is 5.76. The Labute approximate surface area is 127 Å².